The summed E-state index contributed by atoms with van der Waals surface area (Å²) in [6.45, 7) is 0. The molecule has 1 aromatic heterocycles. The number of ketones is 1. The predicted octanol–water partition coefficient (Wildman–Crippen LogP) is 5.60. The second-order valence-electron chi connectivity index (χ2n) is 6.74. The van der Waals surface area contributed by atoms with Crippen molar-refractivity contribution in [2.75, 3.05) is 12.4 Å². The molecule has 4 aromatic rings. The van der Waals surface area contributed by atoms with Crippen molar-refractivity contribution in [1.82, 2.24) is 0 Å². The van der Waals surface area contributed by atoms with Crippen LogP contribution in [0.25, 0.3) is 11.0 Å². The van der Waals surface area contributed by atoms with E-state index in [-0.39, 0.29) is 22.7 Å². The maximum absolute atomic E-state index is 13.2. The Morgan fingerprint density at radius 3 is 2.38 bits per heavy atom. The molecule has 0 aliphatic heterocycles. The summed E-state index contributed by atoms with van der Waals surface area (Å²) in [6.07, 6.45) is 0. The van der Waals surface area contributed by atoms with Gasteiger partial charge in [-0.05, 0) is 58.4 Å². The minimum Gasteiger partial charge on any atom is -0.496 e. The minimum atomic E-state index is -0.547. The molecular formula is C23H15BrN2O6. The Morgan fingerprint density at radius 2 is 1.72 bits per heavy atom. The van der Waals surface area contributed by atoms with Crippen molar-refractivity contribution in [1.29, 1.82) is 0 Å². The van der Waals surface area contributed by atoms with Crippen LogP contribution in [0.2, 0.25) is 0 Å². The van der Waals surface area contributed by atoms with Crippen molar-refractivity contribution in [2.45, 2.75) is 0 Å². The van der Waals surface area contributed by atoms with Crippen LogP contribution in [-0.4, -0.2) is 23.7 Å². The van der Waals surface area contributed by atoms with Gasteiger partial charge in [0, 0.05) is 28.6 Å². The Kier molecular flexibility index (Phi) is 5.74. The number of hydrogen-bond acceptors (Lipinski definition) is 6. The first-order valence-corrected chi connectivity index (χ1v) is 10.1. The van der Waals surface area contributed by atoms with Crippen molar-refractivity contribution in [3.05, 3.63) is 98.2 Å². The molecule has 0 fully saturated rings. The van der Waals surface area contributed by atoms with Gasteiger partial charge < -0.3 is 14.5 Å². The molecule has 0 radical (unpaired) electrons. The second-order valence-corrected chi connectivity index (χ2v) is 7.59. The number of carbonyl (C=O) groups is 2. The number of nitro benzene ring substituents is 1. The van der Waals surface area contributed by atoms with E-state index in [2.05, 4.69) is 21.2 Å². The Bertz CT molecular complexity index is 1360. The molecule has 0 atom stereocenters. The number of hydrogen-bond donors (Lipinski definition) is 1. The summed E-state index contributed by atoms with van der Waals surface area (Å²) in [6, 6.07) is 17.0. The quantitative estimate of drug-likeness (QED) is 0.212. The molecule has 0 aliphatic carbocycles. The lowest BCUT2D eigenvalue weighted by Gasteiger charge is -2.08. The van der Waals surface area contributed by atoms with E-state index in [9.17, 15) is 19.7 Å². The van der Waals surface area contributed by atoms with Gasteiger partial charge in [0.05, 0.1) is 22.2 Å². The number of non-ortho nitro benzene ring substituents is 1. The van der Waals surface area contributed by atoms with E-state index in [1.54, 1.807) is 42.5 Å². The molecule has 0 saturated carbocycles. The number of rotatable bonds is 6. The number of nitro groups is 1. The summed E-state index contributed by atoms with van der Waals surface area (Å²) in [4.78, 5) is 36.4. The summed E-state index contributed by atoms with van der Waals surface area (Å²) >= 11 is 3.36. The third kappa shape index (κ3) is 3.97. The van der Waals surface area contributed by atoms with E-state index in [4.69, 9.17) is 9.15 Å². The van der Waals surface area contributed by atoms with Gasteiger partial charge in [-0.25, -0.2) is 0 Å². The minimum absolute atomic E-state index is 0.0291. The highest BCUT2D eigenvalue weighted by atomic mass is 79.9. The van der Waals surface area contributed by atoms with Crippen molar-refractivity contribution in [3.8, 4) is 5.75 Å². The fraction of sp³-hybridized carbons (Fsp3) is 0.0435. The molecule has 1 N–H and O–H groups in total. The lowest BCUT2D eigenvalue weighted by atomic mass is 10.1. The molecule has 0 aliphatic rings. The number of benzene rings is 3. The average Bonchev–Trinajstić information content (AvgIpc) is 3.16. The molecule has 0 saturated heterocycles. The van der Waals surface area contributed by atoms with E-state index in [0.717, 1.165) is 0 Å². The van der Waals surface area contributed by atoms with Crippen LogP contribution in [0.3, 0.4) is 0 Å². The number of halogens is 1. The van der Waals surface area contributed by atoms with Crippen LogP contribution in [0.5, 0.6) is 5.75 Å². The molecule has 0 spiro atoms. The molecule has 160 valence electrons. The van der Waals surface area contributed by atoms with E-state index in [1.807, 2.05) is 0 Å². The average molecular weight is 495 g/mol. The molecule has 0 unspecified atom stereocenters. The van der Waals surface area contributed by atoms with Crippen LogP contribution >= 0.6 is 15.9 Å². The normalized spacial score (nSPS) is 10.7. The number of amides is 1. The van der Waals surface area contributed by atoms with Crippen LogP contribution in [0, 0.1) is 10.1 Å². The zero-order valence-electron chi connectivity index (χ0n) is 16.6. The first-order chi connectivity index (χ1) is 15.4. The SMILES string of the molecule is COc1ccc(C(=O)c2oc3ccccc3c2NC(=O)c2ccc([N+](=O)[O-])cc2)cc1Br. The van der Waals surface area contributed by atoms with Crippen molar-refractivity contribution in [3.63, 3.8) is 0 Å². The fourth-order valence-corrected chi connectivity index (χ4v) is 3.73. The standard InChI is InChI=1S/C23H15BrN2O6/c1-31-19-11-8-14(12-17(19)24)21(27)22-20(16-4-2-3-5-18(16)32-22)25-23(28)13-6-9-15(10-7-13)26(29)30/h2-12H,1H3,(H,25,28). The van der Waals surface area contributed by atoms with Crippen LogP contribution in [0.15, 0.2) is 75.6 Å². The summed E-state index contributed by atoms with van der Waals surface area (Å²) in [5.41, 5.74) is 1.06. The third-order valence-corrected chi connectivity index (χ3v) is 5.41. The molecule has 9 heteroatoms. The first kappa shape index (κ1) is 21.3. The number of methoxy groups -OCH3 is 1. The Labute approximate surface area is 190 Å². The van der Waals surface area contributed by atoms with E-state index < -0.39 is 16.6 Å². The van der Waals surface area contributed by atoms with Gasteiger partial charge in [0.2, 0.25) is 5.78 Å². The highest BCUT2D eigenvalue weighted by molar-refractivity contribution is 9.10. The largest absolute Gasteiger partial charge is 0.496 e. The van der Waals surface area contributed by atoms with Gasteiger partial charge in [-0.3, -0.25) is 19.7 Å². The van der Waals surface area contributed by atoms with Gasteiger partial charge in [-0.1, -0.05) is 12.1 Å². The van der Waals surface area contributed by atoms with Gasteiger partial charge in [0.1, 0.15) is 11.3 Å². The van der Waals surface area contributed by atoms with E-state index >= 15 is 0 Å². The van der Waals surface area contributed by atoms with Gasteiger partial charge in [0.25, 0.3) is 11.6 Å². The number of fused-ring (bicyclic) bond motifs is 1. The maximum atomic E-state index is 13.2. The summed E-state index contributed by atoms with van der Waals surface area (Å²) in [7, 11) is 1.52. The fourth-order valence-electron chi connectivity index (χ4n) is 3.19. The van der Waals surface area contributed by atoms with Crippen LogP contribution < -0.4 is 10.1 Å². The van der Waals surface area contributed by atoms with Crippen molar-refractivity contribution >= 4 is 50.0 Å². The molecule has 3 aromatic carbocycles. The summed E-state index contributed by atoms with van der Waals surface area (Å²) in [5, 5.41) is 14.1. The zero-order valence-corrected chi connectivity index (χ0v) is 18.2. The molecule has 1 heterocycles. The summed E-state index contributed by atoms with van der Waals surface area (Å²) in [5.74, 6) is -0.420. The van der Waals surface area contributed by atoms with E-state index in [0.29, 0.717) is 26.8 Å². The predicted molar refractivity (Wildman–Crippen MR) is 121 cm³/mol. The number of para-hydroxylation sites is 1. The van der Waals surface area contributed by atoms with E-state index in [1.165, 1.54) is 31.4 Å². The number of anilines is 1. The number of ether oxygens (including phenoxy) is 1. The second kappa shape index (κ2) is 8.64. The maximum Gasteiger partial charge on any atom is 0.269 e. The van der Waals surface area contributed by atoms with Gasteiger partial charge >= 0.3 is 0 Å². The number of carbonyl (C=O) groups excluding carboxylic acids is 2. The summed E-state index contributed by atoms with van der Waals surface area (Å²) < 4.78 is 11.6. The molecule has 32 heavy (non-hydrogen) atoms. The van der Waals surface area contributed by atoms with Crippen molar-refractivity contribution < 1.29 is 23.7 Å². The zero-order chi connectivity index (χ0) is 22.8. The lowest BCUT2D eigenvalue weighted by Crippen LogP contribution is -2.14. The third-order valence-electron chi connectivity index (χ3n) is 4.79. The number of furan rings is 1. The Morgan fingerprint density at radius 1 is 1.03 bits per heavy atom. The molecule has 0 bridgehead atoms. The van der Waals surface area contributed by atoms with Crippen LogP contribution in [0.4, 0.5) is 11.4 Å². The Balaban J connectivity index is 1.73. The molecular weight excluding hydrogens is 480 g/mol. The number of nitrogens with one attached hydrogen (secondary N) is 1. The smallest absolute Gasteiger partial charge is 0.269 e. The highest BCUT2D eigenvalue weighted by Crippen LogP contribution is 2.34. The first-order valence-electron chi connectivity index (χ1n) is 9.34. The molecule has 1 amide bonds. The molecule has 4 rings (SSSR count). The van der Waals surface area contributed by atoms with Gasteiger partial charge in [0.15, 0.2) is 5.76 Å². The molecule has 8 nitrogen and oxygen atoms in total. The van der Waals surface area contributed by atoms with Gasteiger partial charge in [-0.15, -0.1) is 0 Å². The highest BCUT2D eigenvalue weighted by Gasteiger charge is 2.24. The van der Waals surface area contributed by atoms with Crippen LogP contribution in [-0.2, 0) is 0 Å². The van der Waals surface area contributed by atoms with Crippen LogP contribution in [0.1, 0.15) is 26.5 Å². The number of nitrogens with zero attached hydrogens (tertiary/aromatic N) is 1. The van der Waals surface area contributed by atoms with Crippen molar-refractivity contribution in [2.24, 2.45) is 0 Å². The Hall–Kier alpha value is -3.98. The lowest BCUT2D eigenvalue weighted by molar-refractivity contribution is -0.384. The monoisotopic (exact) mass is 494 g/mol. The van der Waals surface area contributed by atoms with Gasteiger partial charge in [-0.2, -0.15) is 0 Å². The topological polar surface area (TPSA) is 112 Å².